The van der Waals surface area contributed by atoms with Crippen molar-refractivity contribution in [2.24, 2.45) is 0 Å². The third kappa shape index (κ3) is 8.30. The van der Waals surface area contributed by atoms with Crippen LogP contribution in [0.25, 0.3) is 0 Å². The molecule has 0 amide bonds. The first kappa shape index (κ1) is 34.6. The van der Waals surface area contributed by atoms with E-state index in [1.165, 1.54) is 25.1 Å². The molecule has 47 heavy (non-hydrogen) atoms. The van der Waals surface area contributed by atoms with Crippen molar-refractivity contribution in [3.05, 3.63) is 47.0 Å². The van der Waals surface area contributed by atoms with Crippen molar-refractivity contribution in [3.63, 3.8) is 0 Å². The number of benzene rings is 2. The minimum Gasteiger partial charge on any atom is -0.484 e. The molecule has 2 aromatic carbocycles. The van der Waals surface area contributed by atoms with E-state index in [9.17, 15) is 33.6 Å². The fourth-order valence-electron chi connectivity index (χ4n) is 5.30. The van der Waals surface area contributed by atoms with Gasteiger partial charge in [-0.1, -0.05) is 12.1 Å². The third-order valence-electron chi connectivity index (χ3n) is 6.81. The molecule has 0 saturated carbocycles. The number of carbonyl (C=O) groups is 7. The van der Waals surface area contributed by atoms with Crippen molar-refractivity contribution >= 4 is 41.6 Å². The van der Waals surface area contributed by atoms with Crippen molar-refractivity contribution in [1.82, 2.24) is 0 Å². The molecule has 0 aliphatic carbocycles. The molecule has 15 nitrogen and oxygen atoms in total. The molecular weight excluding hydrogens is 624 g/mol. The van der Waals surface area contributed by atoms with Crippen LogP contribution < -0.4 is 18.9 Å². The van der Waals surface area contributed by atoms with E-state index in [-0.39, 0.29) is 34.8 Å². The van der Waals surface area contributed by atoms with Crippen LogP contribution in [0.1, 0.15) is 81.7 Å². The van der Waals surface area contributed by atoms with E-state index in [2.05, 4.69) is 0 Å². The minimum atomic E-state index is -1.56. The Hall–Kier alpha value is -5.31. The molecule has 2 aliphatic rings. The molecule has 2 aliphatic heterocycles. The van der Waals surface area contributed by atoms with Crippen LogP contribution in [0.15, 0.2) is 30.3 Å². The first-order valence-electron chi connectivity index (χ1n) is 14.3. The van der Waals surface area contributed by atoms with Gasteiger partial charge in [0.25, 0.3) is 0 Å². The van der Waals surface area contributed by atoms with Crippen LogP contribution >= 0.6 is 0 Å². The van der Waals surface area contributed by atoms with E-state index >= 15 is 0 Å². The van der Waals surface area contributed by atoms with Crippen molar-refractivity contribution in [3.8, 4) is 23.0 Å². The minimum absolute atomic E-state index is 0.110. The standard InChI is InChI=1S/C32H32O15/c1-14(33)41-21-9-7-20(8-10-21)23-11-22(39)27-24(47-23)12-25(42-15(2)34)28(30(27)45-18(5)37)31-32(46-19(6)38)29(44-17(4)36)26(13-40-31)43-16(3)35/h7-10,12,23,26,29,31-32H,11,13H2,1-6H3/t23?,26-,29+,31+,32-/m1/s1. The largest absolute Gasteiger partial charge is 0.484 e. The van der Waals surface area contributed by atoms with Gasteiger partial charge in [-0.15, -0.1) is 0 Å². The number of rotatable bonds is 8. The van der Waals surface area contributed by atoms with Crippen LogP contribution in [0.4, 0.5) is 0 Å². The fraction of sp³-hybridized carbons (Fsp3) is 0.406. The summed E-state index contributed by atoms with van der Waals surface area (Å²) in [5, 5.41) is 0. The molecule has 5 atom stereocenters. The van der Waals surface area contributed by atoms with Crippen molar-refractivity contribution in [1.29, 1.82) is 0 Å². The molecule has 0 bridgehead atoms. The Morgan fingerprint density at radius 1 is 0.702 bits per heavy atom. The topological polar surface area (TPSA) is 193 Å². The van der Waals surface area contributed by atoms with Gasteiger partial charge in [0, 0.05) is 47.6 Å². The number of carbonyl (C=O) groups excluding carboxylic acids is 7. The Morgan fingerprint density at radius 3 is 1.83 bits per heavy atom. The second-order valence-corrected chi connectivity index (χ2v) is 10.6. The summed E-state index contributed by atoms with van der Waals surface area (Å²) in [6.07, 6.45) is -6.80. The number of esters is 6. The molecule has 0 radical (unpaired) electrons. The third-order valence-corrected chi connectivity index (χ3v) is 6.81. The number of hydrogen-bond donors (Lipinski definition) is 0. The summed E-state index contributed by atoms with van der Waals surface area (Å²) >= 11 is 0. The predicted molar refractivity (Wildman–Crippen MR) is 154 cm³/mol. The Kier molecular flexibility index (Phi) is 10.6. The molecule has 0 N–H and O–H groups in total. The zero-order chi connectivity index (χ0) is 34.6. The van der Waals surface area contributed by atoms with Crippen LogP contribution in [-0.2, 0) is 47.7 Å². The highest BCUT2D eigenvalue weighted by Gasteiger charge is 2.50. The average molecular weight is 657 g/mol. The van der Waals surface area contributed by atoms with Gasteiger partial charge < -0.3 is 37.9 Å². The number of Topliss-reactive ketones (excluding diaryl/α,β-unsaturated/α-hetero) is 1. The molecule has 2 aromatic rings. The van der Waals surface area contributed by atoms with Gasteiger partial charge in [-0.2, -0.15) is 0 Å². The second-order valence-electron chi connectivity index (χ2n) is 10.6. The smallest absolute Gasteiger partial charge is 0.308 e. The molecule has 0 spiro atoms. The van der Waals surface area contributed by atoms with Gasteiger partial charge in [-0.3, -0.25) is 33.6 Å². The maximum Gasteiger partial charge on any atom is 0.308 e. The van der Waals surface area contributed by atoms with Gasteiger partial charge in [-0.05, 0) is 17.7 Å². The Balaban J connectivity index is 1.89. The lowest BCUT2D eigenvalue weighted by molar-refractivity contribution is -0.227. The van der Waals surface area contributed by atoms with Crippen LogP contribution in [0.5, 0.6) is 23.0 Å². The maximum absolute atomic E-state index is 13.8. The molecule has 250 valence electrons. The summed E-state index contributed by atoms with van der Waals surface area (Å²) in [6.45, 7) is 6.28. The Bertz CT molecular complexity index is 1610. The maximum atomic E-state index is 13.8. The van der Waals surface area contributed by atoms with Crippen LogP contribution in [-0.4, -0.2) is 66.5 Å². The molecular formula is C32H32O15. The molecule has 1 saturated heterocycles. The summed E-state index contributed by atoms with van der Waals surface area (Å²) < 4.78 is 44.5. The zero-order valence-corrected chi connectivity index (χ0v) is 26.3. The van der Waals surface area contributed by atoms with Crippen LogP contribution in [0, 0.1) is 0 Å². The second kappa shape index (κ2) is 14.4. The Morgan fingerprint density at radius 2 is 1.28 bits per heavy atom. The van der Waals surface area contributed by atoms with Gasteiger partial charge in [0.2, 0.25) is 0 Å². The van der Waals surface area contributed by atoms with Gasteiger partial charge >= 0.3 is 35.8 Å². The van der Waals surface area contributed by atoms with Crippen molar-refractivity contribution in [2.45, 2.75) is 78.5 Å². The van der Waals surface area contributed by atoms with Gasteiger partial charge in [0.15, 0.2) is 29.8 Å². The van der Waals surface area contributed by atoms with E-state index in [0.29, 0.717) is 5.56 Å². The van der Waals surface area contributed by atoms with Crippen LogP contribution in [0.2, 0.25) is 0 Å². The van der Waals surface area contributed by atoms with E-state index in [1.807, 2.05) is 0 Å². The summed E-state index contributed by atoms with van der Waals surface area (Å²) in [4.78, 5) is 86.1. The highest BCUT2D eigenvalue weighted by atomic mass is 16.6. The molecule has 15 heteroatoms. The SMILES string of the molecule is CC(=O)Oc1ccc(C2CC(=O)c3c(cc(OC(C)=O)c([C@@H]4OC[C@@H](OC(C)=O)[C@H](OC(C)=O)[C@H]4OC(C)=O)c3OC(C)=O)O2)cc1. The summed E-state index contributed by atoms with van der Waals surface area (Å²) in [5.74, 6) is -5.70. The Labute approximate surface area is 268 Å². The molecule has 0 aromatic heterocycles. The monoisotopic (exact) mass is 656 g/mol. The quantitative estimate of drug-likeness (QED) is 0.228. The lowest BCUT2D eigenvalue weighted by atomic mass is 9.88. The van der Waals surface area contributed by atoms with E-state index < -0.39 is 84.5 Å². The van der Waals surface area contributed by atoms with Crippen molar-refractivity contribution < 1.29 is 71.5 Å². The summed E-state index contributed by atoms with van der Waals surface area (Å²) in [6, 6.07) is 7.48. The van der Waals surface area contributed by atoms with E-state index in [0.717, 1.165) is 34.6 Å². The van der Waals surface area contributed by atoms with Gasteiger partial charge in [0.05, 0.1) is 18.6 Å². The van der Waals surface area contributed by atoms with Gasteiger partial charge in [0.1, 0.15) is 35.0 Å². The van der Waals surface area contributed by atoms with E-state index in [1.54, 1.807) is 12.1 Å². The van der Waals surface area contributed by atoms with Crippen molar-refractivity contribution in [2.75, 3.05) is 6.61 Å². The lowest BCUT2D eigenvalue weighted by Gasteiger charge is -2.41. The summed E-state index contributed by atoms with van der Waals surface area (Å²) in [5.41, 5.74) is 0.133. The molecule has 4 rings (SSSR count). The first-order valence-corrected chi connectivity index (χ1v) is 14.3. The number of hydrogen-bond acceptors (Lipinski definition) is 15. The number of fused-ring (bicyclic) bond motifs is 1. The fourth-order valence-corrected chi connectivity index (χ4v) is 5.30. The van der Waals surface area contributed by atoms with Crippen LogP contribution in [0.3, 0.4) is 0 Å². The highest BCUT2D eigenvalue weighted by molar-refractivity contribution is 6.04. The number of ketones is 1. The molecule has 2 heterocycles. The lowest BCUT2D eigenvalue weighted by Crippen LogP contribution is -2.54. The predicted octanol–water partition coefficient (Wildman–Crippen LogP) is 3.04. The number of ether oxygens (including phenoxy) is 8. The first-order chi connectivity index (χ1) is 22.1. The highest BCUT2D eigenvalue weighted by Crippen LogP contribution is 2.51. The van der Waals surface area contributed by atoms with E-state index in [4.69, 9.17) is 37.9 Å². The van der Waals surface area contributed by atoms with Gasteiger partial charge in [-0.25, -0.2) is 0 Å². The molecule has 1 unspecified atom stereocenters. The molecule has 1 fully saturated rings. The average Bonchev–Trinajstić information content (AvgIpc) is 2.94. The normalized spacial score (nSPS) is 21.7. The summed E-state index contributed by atoms with van der Waals surface area (Å²) in [7, 11) is 0. The zero-order valence-electron chi connectivity index (χ0n) is 26.3.